The summed E-state index contributed by atoms with van der Waals surface area (Å²) < 4.78 is 37.4. The van der Waals surface area contributed by atoms with Crippen molar-refractivity contribution in [1.82, 2.24) is 5.32 Å². The Hall–Kier alpha value is -1.61. The molecule has 0 aliphatic heterocycles. The number of alkyl halides is 3. The van der Waals surface area contributed by atoms with Gasteiger partial charge < -0.3 is 15.7 Å². The number of rotatable bonds is 4. The van der Waals surface area contributed by atoms with Crippen molar-refractivity contribution in [2.75, 3.05) is 18.5 Å². The molecule has 128 valence electrons. The Morgan fingerprint density at radius 3 is 2.52 bits per heavy atom. The number of aryl methyl sites for hydroxylation is 1. The molecule has 1 aliphatic carbocycles. The number of halogens is 3. The van der Waals surface area contributed by atoms with E-state index < -0.39 is 18.0 Å². The van der Waals surface area contributed by atoms with Crippen LogP contribution in [0.2, 0.25) is 0 Å². The van der Waals surface area contributed by atoms with Crippen LogP contribution in [0.4, 0.5) is 18.2 Å². The van der Waals surface area contributed by atoms with Gasteiger partial charge in [-0.3, -0.25) is 9.59 Å². The zero-order valence-corrected chi connectivity index (χ0v) is 13.1. The van der Waals surface area contributed by atoms with Gasteiger partial charge in [-0.25, -0.2) is 0 Å². The number of hydrogen-bond donors (Lipinski definition) is 3. The third-order valence-corrected chi connectivity index (χ3v) is 4.74. The van der Waals surface area contributed by atoms with Gasteiger partial charge in [-0.15, -0.1) is 11.3 Å². The van der Waals surface area contributed by atoms with Crippen molar-refractivity contribution in [3.63, 3.8) is 0 Å². The summed E-state index contributed by atoms with van der Waals surface area (Å²) in [5, 5.41) is 13.0. The molecular weight excluding hydrogens is 333 g/mol. The van der Waals surface area contributed by atoms with Gasteiger partial charge in [0.2, 0.25) is 0 Å². The van der Waals surface area contributed by atoms with E-state index in [0.29, 0.717) is 18.4 Å². The van der Waals surface area contributed by atoms with Crippen molar-refractivity contribution in [3.05, 3.63) is 16.0 Å². The van der Waals surface area contributed by atoms with Crippen LogP contribution in [0.1, 0.15) is 40.1 Å². The minimum absolute atomic E-state index is 0.00386. The summed E-state index contributed by atoms with van der Waals surface area (Å²) in [6.07, 6.45) is -1.00. The van der Waals surface area contributed by atoms with E-state index in [4.69, 9.17) is 5.11 Å². The fraction of sp³-hybridized carbons (Fsp3) is 0.571. The minimum Gasteiger partial charge on any atom is -0.395 e. The second-order valence-electron chi connectivity index (χ2n) is 5.20. The van der Waals surface area contributed by atoms with Gasteiger partial charge >= 0.3 is 12.1 Å². The van der Waals surface area contributed by atoms with Gasteiger partial charge in [-0.1, -0.05) is 6.42 Å². The molecule has 3 N–H and O–H groups in total. The molecule has 1 aromatic rings. The van der Waals surface area contributed by atoms with Gasteiger partial charge in [0.05, 0.1) is 12.2 Å². The summed E-state index contributed by atoms with van der Waals surface area (Å²) in [7, 11) is 0. The summed E-state index contributed by atoms with van der Waals surface area (Å²) in [5.41, 5.74) is 0.804. The smallest absolute Gasteiger partial charge is 0.395 e. The number of aliphatic hydroxyl groups is 1. The summed E-state index contributed by atoms with van der Waals surface area (Å²) in [5.74, 6) is -2.67. The van der Waals surface area contributed by atoms with E-state index in [2.05, 4.69) is 5.32 Å². The van der Waals surface area contributed by atoms with Crippen LogP contribution >= 0.6 is 11.3 Å². The van der Waals surface area contributed by atoms with E-state index in [9.17, 15) is 22.8 Å². The molecule has 0 fully saturated rings. The van der Waals surface area contributed by atoms with Crippen LogP contribution in [0.25, 0.3) is 0 Å². The predicted octanol–water partition coefficient (Wildman–Crippen LogP) is 2.24. The molecule has 0 saturated heterocycles. The fourth-order valence-corrected chi connectivity index (χ4v) is 3.78. The van der Waals surface area contributed by atoms with Crippen LogP contribution in [0.15, 0.2) is 0 Å². The highest BCUT2D eigenvalue weighted by molar-refractivity contribution is 7.17. The number of thiophene rings is 1. The van der Waals surface area contributed by atoms with Crippen LogP contribution in [0.5, 0.6) is 0 Å². The third kappa shape index (κ3) is 4.23. The van der Waals surface area contributed by atoms with Crippen LogP contribution < -0.4 is 10.6 Å². The predicted molar refractivity (Wildman–Crippen MR) is 79.7 cm³/mol. The Bertz CT molecular complexity index is 599. The van der Waals surface area contributed by atoms with Crippen LogP contribution in [0.3, 0.4) is 0 Å². The Morgan fingerprint density at radius 2 is 1.87 bits per heavy atom. The van der Waals surface area contributed by atoms with Gasteiger partial charge in [-0.2, -0.15) is 13.2 Å². The van der Waals surface area contributed by atoms with E-state index in [-0.39, 0.29) is 23.7 Å². The maximum atomic E-state index is 12.5. The molecule has 23 heavy (non-hydrogen) atoms. The highest BCUT2D eigenvalue weighted by Gasteiger charge is 2.40. The lowest BCUT2D eigenvalue weighted by molar-refractivity contribution is -0.167. The SMILES string of the molecule is O=C(NCCO)c1c(NC(=O)C(F)(F)F)sc2c1CCCCC2. The average Bonchev–Trinajstić information content (AvgIpc) is 2.65. The Labute approximate surface area is 134 Å². The molecule has 0 bridgehead atoms. The first-order valence-electron chi connectivity index (χ1n) is 7.26. The van der Waals surface area contributed by atoms with E-state index in [1.165, 1.54) is 0 Å². The summed E-state index contributed by atoms with van der Waals surface area (Å²) >= 11 is 1.03. The van der Waals surface area contributed by atoms with Crippen LogP contribution in [-0.2, 0) is 17.6 Å². The molecule has 0 atom stereocenters. The van der Waals surface area contributed by atoms with E-state index in [1.807, 2.05) is 5.32 Å². The molecule has 0 saturated carbocycles. The summed E-state index contributed by atoms with van der Waals surface area (Å²) in [4.78, 5) is 24.3. The van der Waals surface area contributed by atoms with E-state index in [0.717, 1.165) is 35.5 Å². The second-order valence-corrected chi connectivity index (χ2v) is 6.31. The molecule has 0 aromatic carbocycles. The van der Waals surface area contributed by atoms with Crippen molar-refractivity contribution in [1.29, 1.82) is 0 Å². The maximum Gasteiger partial charge on any atom is 0.471 e. The number of aliphatic hydroxyl groups excluding tert-OH is 1. The first kappa shape index (κ1) is 17.7. The third-order valence-electron chi connectivity index (χ3n) is 3.53. The average molecular weight is 350 g/mol. The molecule has 5 nitrogen and oxygen atoms in total. The molecule has 1 aromatic heterocycles. The largest absolute Gasteiger partial charge is 0.471 e. The maximum absolute atomic E-state index is 12.5. The molecular formula is C14H17F3N2O3S. The number of fused-ring (bicyclic) bond motifs is 1. The lowest BCUT2D eigenvalue weighted by atomic mass is 10.0. The molecule has 0 spiro atoms. The topological polar surface area (TPSA) is 78.4 Å². The van der Waals surface area contributed by atoms with Gasteiger partial charge in [0.1, 0.15) is 5.00 Å². The number of anilines is 1. The van der Waals surface area contributed by atoms with E-state index in [1.54, 1.807) is 0 Å². The Morgan fingerprint density at radius 1 is 1.17 bits per heavy atom. The standard InChI is InChI=1S/C14H17F3N2O3S/c15-14(16,17)13(22)19-12-10(11(21)18-6-7-20)8-4-2-1-3-5-9(8)23-12/h20H,1-7H2,(H,18,21)(H,19,22). The second kappa shape index (κ2) is 7.31. The molecule has 2 amide bonds. The van der Waals surface area contributed by atoms with Crippen molar-refractivity contribution in [3.8, 4) is 0 Å². The lowest BCUT2D eigenvalue weighted by Gasteiger charge is -2.10. The van der Waals surface area contributed by atoms with Crippen molar-refractivity contribution in [2.45, 2.75) is 38.3 Å². The number of carbonyl (C=O) groups is 2. The van der Waals surface area contributed by atoms with Crippen LogP contribution in [-0.4, -0.2) is 36.2 Å². The number of nitrogens with one attached hydrogen (secondary N) is 2. The zero-order chi connectivity index (χ0) is 17.0. The molecule has 0 radical (unpaired) electrons. The van der Waals surface area contributed by atoms with E-state index >= 15 is 0 Å². The zero-order valence-electron chi connectivity index (χ0n) is 12.3. The van der Waals surface area contributed by atoms with Gasteiger partial charge in [0.15, 0.2) is 0 Å². The molecule has 2 rings (SSSR count). The molecule has 0 unspecified atom stereocenters. The molecule has 1 heterocycles. The number of amides is 2. The molecule has 9 heteroatoms. The lowest BCUT2D eigenvalue weighted by Crippen LogP contribution is -2.32. The first-order valence-corrected chi connectivity index (χ1v) is 8.08. The quantitative estimate of drug-likeness (QED) is 0.729. The first-order chi connectivity index (χ1) is 10.8. The highest BCUT2D eigenvalue weighted by Crippen LogP contribution is 2.38. The summed E-state index contributed by atoms with van der Waals surface area (Å²) in [6.45, 7) is -0.279. The van der Waals surface area contributed by atoms with Crippen molar-refractivity contribution < 1.29 is 27.9 Å². The van der Waals surface area contributed by atoms with Crippen LogP contribution in [0, 0.1) is 0 Å². The monoisotopic (exact) mass is 350 g/mol. The van der Waals surface area contributed by atoms with Gasteiger partial charge in [-0.05, 0) is 31.2 Å². The molecule has 1 aliphatic rings. The highest BCUT2D eigenvalue weighted by atomic mass is 32.1. The minimum atomic E-state index is -5.01. The number of carbonyl (C=O) groups excluding carboxylic acids is 2. The Kier molecular flexibility index (Phi) is 5.64. The summed E-state index contributed by atoms with van der Waals surface area (Å²) in [6, 6.07) is 0. The Balaban J connectivity index is 2.36. The van der Waals surface area contributed by atoms with Gasteiger partial charge in [0, 0.05) is 11.4 Å². The van der Waals surface area contributed by atoms with Crippen molar-refractivity contribution >= 4 is 28.2 Å². The fourth-order valence-electron chi connectivity index (χ4n) is 2.50. The van der Waals surface area contributed by atoms with Crippen molar-refractivity contribution in [2.24, 2.45) is 0 Å². The normalized spacial score (nSPS) is 14.8. The number of hydrogen-bond acceptors (Lipinski definition) is 4. The van der Waals surface area contributed by atoms with Gasteiger partial charge in [0.25, 0.3) is 5.91 Å².